The molecule has 10 nitrogen and oxygen atoms in total. The number of pyridine rings is 1. The number of aromatic nitrogens is 3. The number of aromatic hydroxyl groups is 2. The first-order chi connectivity index (χ1) is 13.1. The lowest BCUT2D eigenvalue weighted by molar-refractivity contribution is -0.629. The minimum atomic E-state index is -4.80. The van der Waals surface area contributed by atoms with Gasteiger partial charge in [0.1, 0.15) is 0 Å². The third-order valence-corrected chi connectivity index (χ3v) is 3.61. The van der Waals surface area contributed by atoms with Crippen molar-refractivity contribution in [1.29, 1.82) is 0 Å². The van der Waals surface area contributed by atoms with E-state index in [1.165, 1.54) is 0 Å². The largest absolute Gasteiger partial charge is 0.618 e. The standard InChI is InChI=1S/C15H9F3N4O6/c16-15(17,18)11-2-1-7(6-21(11)25)3-12-19-14(28-20-12)8-4-9(22(26)27)13(24)10(23)5-8/h1-2,4-6,23-24H,3H2. The van der Waals surface area contributed by atoms with Crippen LogP contribution in [-0.2, 0) is 12.6 Å². The summed E-state index contributed by atoms with van der Waals surface area (Å²) >= 11 is 0. The summed E-state index contributed by atoms with van der Waals surface area (Å²) in [5.74, 6) is -1.97. The number of rotatable bonds is 4. The highest BCUT2D eigenvalue weighted by Crippen LogP contribution is 2.39. The molecule has 0 saturated heterocycles. The van der Waals surface area contributed by atoms with E-state index in [9.17, 15) is 38.7 Å². The molecule has 146 valence electrons. The van der Waals surface area contributed by atoms with Gasteiger partial charge in [-0.1, -0.05) is 5.16 Å². The van der Waals surface area contributed by atoms with Crippen LogP contribution in [0.15, 0.2) is 35.0 Å². The van der Waals surface area contributed by atoms with Crippen LogP contribution in [0.25, 0.3) is 11.5 Å². The Morgan fingerprint density at radius 3 is 2.57 bits per heavy atom. The maximum Gasteiger partial charge on any atom is 0.478 e. The number of hydrogen-bond donors (Lipinski definition) is 2. The highest BCUT2D eigenvalue weighted by molar-refractivity contribution is 5.67. The van der Waals surface area contributed by atoms with Gasteiger partial charge in [-0.15, -0.1) is 0 Å². The summed E-state index contributed by atoms with van der Waals surface area (Å²) < 4.78 is 42.4. The lowest BCUT2D eigenvalue weighted by Gasteiger charge is -2.08. The average molecular weight is 398 g/mol. The van der Waals surface area contributed by atoms with Crippen LogP contribution in [-0.4, -0.2) is 25.3 Å². The normalized spacial score (nSPS) is 11.5. The number of alkyl halides is 3. The Kier molecular flexibility index (Phi) is 4.50. The lowest BCUT2D eigenvalue weighted by Crippen LogP contribution is -2.36. The van der Waals surface area contributed by atoms with Gasteiger partial charge in [-0.2, -0.15) is 22.9 Å². The van der Waals surface area contributed by atoms with Crippen LogP contribution < -0.4 is 4.73 Å². The third-order valence-electron chi connectivity index (χ3n) is 3.61. The predicted molar refractivity (Wildman–Crippen MR) is 82.9 cm³/mol. The van der Waals surface area contributed by atoms with Crippen LogP contribution in [0, 0.1) is 15.3 Å². The molecule has 28 heavy (non-hydrogen) atoms. The van der Waals surface area contributed by atoms with Crippen LogP contribution in [0.1, 0.15) is 17.1 Å². The fourth-order valence-corrected chi connectivity index (χ4v) is 2.34. The fourth-order valence-electron chi connectivity index (χ4n) is 2.34. The first-order valence-corrected chi connectivity index (χ1v) is 7.39. The predicted octanol–water partition coefficient (Wildman–Crippen LogP) is 2.30. The Morgan fingerprint density at radius 2 is 1.96 bits per heavy atom. The van der Waals surface area contributed by atoms with Crippen LogP contribution in [0.4, 0.5) is 18.9 Å². The summed E-state index contributed by atoms with van der Waals surface area (Å²) in [7, 11) is 0. The number of benzene rings is 1. The highest BCUT2D eigenvalue weighted by Gasteiger charge is 2.39. The molecule has 2 aromatic heterocycles. The third kappa shape index (κ3) is 3.62. The minimum absolute atomic E-state index is 0.0232. The molecule has 0 fully saturated rings. The molecule has 0 atom stereocenters. The van der Waals surface area contributed by atoms with Gasteiger partial charge in [-0.25, -0.2) is 0 Å². The van der Waals surface area contributed by atoms with Crippen molar-refractivity contribution in [2.45, 2.75) is 12.6 Å². The molecule has 1 aromatic carbocycles. The molecule has 0 bridgehead atoms. The first kappa shape index (κ1) is 18.9. The first-order valence-electron chi connectivity index (χ1n) is 7.39. The highest BCUT2D eigenvalue weighted by atomic mass is 19.4. The van der Waals surface area contributed by atoms with E-state index in [2.05, 4.69) is 10.1 Å². The van der Waals surface area contributed by atoms with Crippen molar-refractivity contribution >= 4 is 5.69 Å². The molecular weight excluding hydrogens is 389 g/mol. The second-order valence-electron chi connectivity index (χ2n) is 5.56. The summed E-state index contributed by atoms with van der Waals surface area (Å²) in [6, 6.07) is 3.55. The van der Waals surface area contributed by atoms with E-state index in [-0.39, 0.29) is 34.0 Å². The molecule has 13 heteroatoms. The quantitative estimate of drug-likeness (QED) is 0.223. The van der Waals surface area contributed by atoms with E-state index in [0.29, 0.717) is 6.07 Å². The maximum atomic E-state index is 12.6. The van der Waals surface area contributed by atoms with E-state index >= 15 is 0 Å². The van der Waals surface area contributed by atoms with Gasteiger partial charge >= 0.3 is 11.9 Å². The Balaban J connectivity index is 1.88. The molecule has 0 aliphatic carbocycles. The summed E-state index contributed by atoms with van der Waals surface area (Å²) in [4.78, 5) is 13.9. The van der Waals surface area contributed by atoms with Gasteiger partial charge in [0, 0.05) is 24.1 Å². The van der Waals surface area contributed by atoms with Crippen molar-refractivity contribution in [3.05, 3.63) is 62.9 Å². The summed E-state index contributed by atoms with van der Waals surface area (Å²) in [6.07, 6.45) is -4.23. The molecule has 0 spiro atoms. The topological polar surface area (TPSA) is 149 Å². The Bertz CT molecular complexity index is 1070. The molecule has 0 saturated carbocycles. The van der Waals surface area contributed by atoms with E-state index in [0.717, 1.165) is 24.4 Å². The van der Waals surface area contributed by atoms with Crippen LogP contribution in [0.3, 0.4) is 0 Å². The SMILES string of the molecule is O=[N+]([O-])c1cc(-c2nc(Cc3ccc(C(F)(F)F)[n+]([O-])c3)no2)cc(O)c1O. The zero-order valence-electron chi connectivity index (χ0n) is 13.5. The molecule has 0 amide bonds. The van der Waals surface area contributed by atoms with Gasteiger partial charge in [-0.05, 0) is 12.1 Å². The van der Waals surface area contributed by atoms with Crippen molar-refractivity contribution in [1.82, 2.24) is 10.1 Å². The van der Waals surface area contributed by atoms with E-state index in [4.69, 9.17) is 4.52 Å². The van der Waals surface area contributed by atoms with E-state index in [1.54, 1.807) is 0 Å². The Morgan fingerprint density at radius 1 is 1.25 bits per heavy atom. The molecule has 0 aliphatic heterocycles. The monoisotopic (exact) mass is 398 g/mol. The molecule has 2 heterocycles. The average Bonchev–Trinajstić information content (AvgIpc) is 3.04. The number of nitrogens with zero attached hydrogens (tertiary/aromatic N) is 4. The van der Waals surface area contributed by atoms with Crippen LogP contribution in [0.5, 0.6) is 11.5 Å². The molecular formula is C15H9F3N4O6. The van der Waals surface area contributed by atoms with Crippen molar-refractivity contribution in [2.75, 3.05) is 0 Å². The van der Waals surface area contributed by atoms with Gasteiger partial charge in [0.25, 0.3) is 11.6 Å². The molecule has 0 radical (unpaired) electrons. The molecule has 0 aliphatic rings. The number of phenols is 2. The second-order valence-corrected chi connectivity index (χ2v) is 5.56. The maximum absolute atomic E-state index is 12.6. The summed E-state index contributed by atoms with van der Waals surface area (Å²) in [6.45, 7) is 0. The van der Waals surface area contributed by atoms with E-state index < -0.39 is 34.0 Å². The molecule has 3 rings (SSSR count). The van der Waals surface area contributed by atoms with E-state index in [1.807, 2.05) is 0 Å². The number of nitro benzene ring substituents is 1. The molecule has 0 unspecified atom stereocenters. The lowest BCUT2D eigenvalue weighted by atomic mass is 10.1. The Hall–Kier alpha value is -3.90. The van der Waals surface area contributed by atoms with Gasteiger partial charge in [0.2, 0.25) is 5.75 Å². The number of nitro groups is 1. The smallest absolute Gasteiger partial charge is 0.478 e. The minimum Gasteiger partial charge on any atom is -0.618 e. The zero-order valence-corrected chi connectivity index (χ0v) is 13.5. The van der Waals surface area contributed by atoms with Crippen molar-refractivity contribution in [3.63, 3.8) is 0 Å². The number of halogens is 3. The zero-order chi connectivity index (χ0) is 20.6. The Labute approximate surface area is 152 Å². The van der Waals surface area contributed by atoms with Crippen molar-refractivity contribution in [2.24, 2.45) is 0 Å². The number of hydrogen-bond acceptors (Lipinski definition) is 8. The van der Waals surface area contributed by atoms with Gasteiger partial charge < -0.3 is 19.9 Å². The fraction of sp³-hybridized carbons (Fsp3) is 0.133. The molecule has 2 N–H and O–H groups in total. The van der Waals surface area contributed by atoms with Crippen LogP contribution in [0.2, 0.25) is 0 Å². The van der Waals surface area contributed by atoms with Crippen molar-refractivity contribution in [3.8, 4) is 23.0 Å². The summed E-state index contributed by atoms with van der Waals surface area (Å²) in [5, 5.41) is 45.0. The van der Waals surface area contributed by atoms with Gasteiger partial charge in [0.15, 0.2) is 17.8 Å². The molecule has 3 aromatic rings. The van der Waals surface area contributed by atoms with Crippen molar-refractivity contribution < 1.29 is 37.6 Å². The number of phenolic OH excluding ortho intramolecular Hbond substituents is 2. The second kappa shape index (κ2) is 6.68. The summed E-state index contributed by atoms with van der Waals surface area (Å²) in [5.41, 5.74) is -2.07. The van der Waals surface area contributed by atoms with Gasteiger partial charge in [0.05, 0.1) is 10.5 Å². The van der Waals surface area contributed by atoms with Gasteiger partial charge in [-0.3, -0.25) is 10.1 Å². The van der Waals surface area contributed by atoms with Crippen LogP contribution >= 0.6 is 0 Å².